The molecule has 0 N–H and O–H groups in total. The van der Waals surface area contributed by atoms with Gasteiger partial charge >= 0.3 is 0 Å². The minimum absolute atomic E-state index is 0.489. The van der Waals surface area contributed by atoms with E-state index in [0.29, 0.717) is 22.8 Å². The van der Waals surface area contributed by atoms with Crippen molar-refractivity contribution in [3.63, 3.8) is 0 Å². The van der Waals surface area contributed by atoms with Crippen LogP contribution in [-0.4, -0.2) is 29.1 Å². The average Bonchev–Trinajstić information content (AvgIpc) is 3.75. The number of hydrogen-bond donors (Lipinski definition) is 0. The highest BCUT2D eigenvalue weighted by atomic mass is 15.0. The molecule has 0 fully saturated rings. The van der Waals surface area contributed by atoms with Crippen LogP contribution in [0.1, 0.15) is 11.1 Å². The van der Waals surface area contributed by atoms with Gasteiger partial charge in [-0.1, -0.05) is 72.8 Å². The second kappa shape index (κ2) is 12.4. The van der Waals surface area contributed by atoms with Crippen molar-refractivity contribution >= 4 is 43.6 Å². The minimum atomic E-state index is 0.489. The van der Waals surface area contributed by atoms with Crippen molar-refractivity contribution in [1.82, 2.24) is 29.1 Å². The van der Waals surface area contributed by atoms with E-state index in [2.05, 4.69) is 95.8 Å². The lowest BCUT2D eigenvalue weighted by molar-refractivity contribution is 1.13. The van der Waals surface area contributed by atoms with Gasteiger partial charge < -0.3 is 9.13 Å². The molecule has 54 heavy (non-hydrogen) atoms. The Kier molecular flexibility index (Phi) is 7.07. The van der Waals surface area contributed by atoms with E-state index in [4.69, 9.17) is 0 Å². The molecular formula is C46H26N8. The minimum Gasteiger partial charge on any atom is -0.309 e. The zero-order valence-corrected chi connectivity index (χ0v) is 28.6. The maximum absolute atomic E-state index is 11.0. The van der Waals surface area contributed by atoms with E-state index in [1.165, 1.54) is 0 Å². The Labute approximate surface area is 309 Å². The number of nitrogens with zero attached hydrogens (tertiary/aromatic N) is 8. The van der Waals surface area contributed by atoms with E-state index in [-0.39, 0.29) is 0 Å². The zero-order chi connectivity index (χ0) is 36.2. The molecule has 0 unspecified atom stereocenters. The number of hydrogen-bond acceptors (Lipinski definition) is 6. The molecule has 6 aromatic carbocycles. The van der Waals surface area contributed by atoms with Crippen LogP contribution in [0.2, 0.25) is 0 Å². The lowest BCUT2D eigenvalue weighted by Gasteiger charge is -2.19. The van der Waals surface area contributed by atoms with Crippen molar-refractivity contribution in [2.75, 3.05) is 0 Å². The molecule has 0 aliphatic carbocycles. The van der Waals surface area contributed by atoms with Gasteiger partial charge in [-0.15, -0.1) is 0 Å². The summed E-state index contributed by atoms with van der Waals surface area (Å²) in [6, 6.07) is 49.2. The maximum Gasteiger partial charge on any atom is 0.159 e. The summed E-state index contributed by atoms with van der Waals surface area (Å²) < 4.78 is 4.38. The molecular weight excluding hydrogens is 665 g/mol. The fourth-order valence-electron chi connectivity index (χ4n) is 7.66. The number of rotatable bonds is 5. The van der Waals surface area contributed by atoms with Gasteiger partial charge in [0, 0.05) is 63.0 Å². The molecule has 8 heteroatoms. The summed E-state index contributed by atoms with van der Waals surface area (Å²) in [7, 11) is 0. The van der Waals surface area contributed by atoms with E-state index in [1.807, 2.05) is 60.7 Å². The van der Waals surface area contributed by atoms with Gasteiger partial charge in [0.15, 0.2) is 11.6 Å². The van der Waals surface area contributed by atoms with E-state index < -0.39 is 0 Å². The van der Waals surface area contributed by atoms with Crippen LogP contribution < -0.4 is 0 Å². The molecule has 250 valence electrons. The van der Waals surface area contributed by atoms with Gasteiger partial charge in [0.2, 0.25) is 0 Å². The number of benzene rings is 6. The predicted octanol–water partition coefficient (Wildman–Crippen LogP) is 10.2. The van der Waals surface area contributed by atoms with E-state index in [9.17, 15) is 10.5 Å². The Morgan fingerprint density at radius 1 is 0.407 bits per heavy atom. The number of nitriles is 2. The molecule has 0 bridgehead atoms. The molecule has 0 aliphatic heterocycles. The standard InChI is InChI=1S/C46H26N8/c47-27-29-8-5-9-30(22-29)38-26-41(53-39-12-3-1-10-34(39)36-16-14-31(23-42(36)53)45-49-18-6-19-50-45)33(28-48)25-44(38)54-40-13-4-2-11-35(40)37-17-15-32(24-43(37)54)46-51-20-7-21-52-46/h1-26H. The quantitative estimate of drug-likeness (QED) is 0.178. The number of fused-ring (bicyclic) bond motifs is 6. The summed E-state index contributed by atoms with van der Waals surface area (Å²) in [5.74, 6) is 1.24. The van der Waals surface area contributed by atoms with Gasteiger partial charge in [0.25, 0.3) is 0 Å². The van der Waals surface area contributed by atoms with Crippen LogP contribution in [0.25, 0.3) is 88.9 Å². The van der Waals surface area contributed by atoms with Crippen LogP contribution in [0, 0.1) is 22.7 Å². The van der Waals surface area contributed by atoms with Crippen molar-refractivity contribution in [3.8, 4) is 57.4 Å². The Hall–Kier alpha value is -7.94. The molecule has 0 spiro atoms. The van der Waals surface area contributed by atoms with Crippen molar-refractivity contribution in [3.05, 3.63) is 169 Å². The summed E-state index contributed by atoms with van der Waals surface area (Å²) >= 11 is 0. The first-order chi connectivity index (χ1) is 26.7. The van der Waals surface area contributed by atoms with E-state index >= 15 is 0 Å². The van der Waals surface area contributed by atoms with Crippen LogP contribution in [0.5, 0.6) is 0 Å². The van der Waals surface area contributed by atoms with Crippen LogP contribution in [0.4, 0.5) is 0 Å². The number of para-hydroxylation sites is 2. The molecule has 4 heterocycles. The summed E-state index contributed by atoms with van der Waals surface area (Å²) in [5, 5.41) is 25.3. The van der Waals surface area contributed by atoms with Crippen LogP contribution in [-0.2, 0) is 0 Å². The van der Waals surface area contributed by atoms with Gasteiger partial charge in [-0.2, -0.15) is 10.5 Å². The number of aromatic nitrogens is 6. The van der Waals surface area contributed by atoms with Crippen molar-refractivity contribution in [1.29, 1.82) is 10.5 Å². The van der Waals surface area contributed by atoms with Gasteiger partial charge in [0.1, 0.15) is 6.07 Å². The molecule has 0 saturated heterocycles. The summed E-state index contributed by atoms with van der Waals surface area (Å²) in [6.07, 6.45) is 6.96. The smallest absolute Gasteiger partial charge is 0.159 e. The lowest BCUT2D eigenvalue weighted by atomic mass is 9.98. The molecule has 8 nitrogen and oxygen atoms in total. The van der Waals surface area contributed by atoms with Crippen LogP contribution in [0.15, 0.2) is 158 Å². The summed E-state index contributed by atoms with van der Waals surface area (Å²) in [6.45, 7) is 0. The summed E-state index contributed by atoms with van der Waals surface area (Å²) in [4.78, 5) is 18.1. The molecule has 4 aromatic heterocycles. The average molecular weight is 691 g/mol. The second-order valence-corrected chi connectivity index (χ2v) is 13.0. The third-order valence-corrected chi connectivity index (χ3v) is 10.0. The second-order valence-electron chi connectivity index (χ2n) is 13.0. The molecule has 10 aromatic rings. The first kappa shape index (κ1) is 30.8. The molecule has 0 aliphatic rings. The third-order valence-electron chi connectivity index (χ3n) is 10.0. The van der Waals surface area contributed by atoms with Crippen LogP contribution >= 0.6 is 0 Å². The predicted molar refractivity (Wildman–Crippen MR) is 212 cm³/mol. The van der Waals surface area contributed by atoms with Gasteiger partial charge in [-0.05, 0) is 66.2 Å². The molecule has 10 rings (SSSR count). The monoisotopic (exact) mass is 690 g/mol. The highest BCUT2D eigenvalue weighted by Gasteiger charge is 2.22. The fourth-order valence-corrected chi connectivity index (χ4v) is 7.66. The highest BCUT2D eigenvalue weighted by Crippen LogP contribution is 2.42. The molecule has 0 saturated carbocycles. The molecule has 0 radical (unpaired) electrons. The topological polar surface area (TPSA) is 109 Å². The Morgan fingerprint density at radius 2 is 0.944 bits per heavy atom. The van der Waals surface area contributed by atoms with E-state index in [0.717, 1.165) is 77.2 Å². The Balaban J connectivity index is 1.32. The van der Waals surface area contributed by atoms with E-state index in [1.54, 1.807) is 43.0 Å². The molecule has 0 atom stereocenters. The molecule has 0 amide bonds. The van der Waals surface area contributed by atoms with Crippen molar-refractivity contribution < 1.29 is 0 Å². The lowest BCUT2D eigenvalue weighted by Crippen LogP contribution is -2.04. The van der Waals surface area contributed by atoms with Crippen LogP contribution in [0.3, 0.4) is 0 Å². The first-order valence-corrected chi connectivity index (χ1v) is 17.4. The maximum atomic E-state index is 11.0. The zero-order valence-electron chi connectivity index (χ0n) is 28.6. The Morgan fingerprint density at radius 3 is 1.50 bits per heavy atom. The largest absolute Gasteiger partial charge is 0.309 e. The fraction of sp³-hybridized carbons (Fsp3) is 0. The van der Waals surface area contributed by atoms with Gasteiger partial charge in [-0.25, -0.2) is 19.9 Å². The van der Waals surface area contributed by atoms with Crippen molar-refractivity contribution in [2.24, 2.45) is 0 Å². The highest BCUT2D eigenvalue weighted by molar-refractivity contribution is 6.12. The summed E-state index contributed by atoms with van der Waals surface area (Å²) in [5.41, 5.74) is 9.82. The third kappa shape index (κ3) is 4.83. The Bertz CT molecular complexity index is 3180. The normalized spacial score (nSPS) is 11.3. The SMILES string of the molecule is N#Cc1cccc(-c2cc(-n3c4ccccc4c4ccc(-c5ncccn5)cc43)c(C#N)cc2-n2c3ccccc3c3ccc(-c4ncccn4)cc32)c1. The van der Waals surface area contributed by atoms with Crippen molar-refractivity contribution in [2.45, 2.75) is 0 Å². The van der Waals surface area contributed by atoms with Gasteiger partial charge in [0.05, 0.1) is 50.6 Å². The first-order valence-electron chi connectivity index (χ1n) is 17.4. The van der Waals surface area contributed by atoms with Gasteiger partial charge in [-0.3, -0.25) is 0 Å².